The molecule has 0 fully saturated rings. The van der Waals surface area contributed by atoms with Crippen LogP contribution in [0.25, 0.3) is 21.8 Å². The van der Waals surface area contributed by atoms with Crippen LogP contribution in [0.15, 0.2) is 47.5 Å². The van der Waals surface area contributed by atoms with E-state index < -0.39 is 0 Å². The van der Waals surface area contributed by atoms with E-state index in [0.717, 1.165) is 16.8 Å². The minimum atomic E-state index is 0.565. The Morgan fingerprint density at radius 2 is 1.89 bits per heavy atom. The molecule has 0 radical (unpaired) electrons. The lowest BCUT2D eigenvalue weighted by Gasteiger charge is -2.03. The van der Waals surface area contributed by atoms with Gasteiger partial charge in [0.2, 0.25) is 0 Å². The zero-order valence-corrected chi connectivity index (χ0v) is 10.0. The van der Waals surface area contributed by atoms with Crippen molar-refractivity contribution in [1.29, 1.82) is 0 Å². The maximum atomic E-state index is 5.60. The fourth-order valence-corrected chi connectivity index (χ4v) is 2.15. The molecular weight excluding hydrogens is 224 g/mol. The standard InChI is InChI=1S/C15H14N2O/c1-16-8-9-18-11-6-7-13-12-4-2-3-5-14(12)17-15(13)10-11/h2-7,10,17H,1,8-9H2. The molecule has 3 nitrogen and oxygen atoms in total. The van der Waals surface area contributed by atoms with Crippen LogP contribution >= 0.6 is 0 Å². The number of benzene rings is 2. The van der Waals surface area contributed by atoms with Crippen molar-refractivity contribution in [3.63, 3.8) is 0 Å². The number of nitrogens with zero attached hydrogens (tertiary/aromatic N) is 1. The van der Waals surface area contributed by atoms with Gasteiger partial charge < -0.3 is 9.72 Å². The van der Waals surface area contributed by atoms with Crippen molar-refractivity contribution in [1.82, 2.24) is 4.98 Å². The number of hydrogen-bond acceptors (Lipinski definition) is 2. The monoisotopic (exact) mass is 238 g/mol. The fourth-order valence-electron chi connectivity index (χ4n) is 2.15. The van der Waals surface area contributed by atoms with E-state index in [4.69, 9.17) is 4.74 Å². The lowest BCUT2D eigenvalue weighted by atomic mass is 10.1. The highest BCUT2D eigenvalue weighted by Gasteiger charge is 2.04. The largest absolute Gasteiger partial charge is 0.492 e. The number of nitrogens with one attached hydrogen (secondary N) is 1. The van der Waals surface area contributed by atoms with E-state index in [1.807, 2.05) is 18.2 Å². The van der Waals surface area contributed by atoms with E-state index in [-0.39, 0.29) is 0 Å². The van der Waals surface area contributed by atoms with Crippen LogP contribution in [0.4, 0.5) is 0 Å². The molecule has 1 heterocycles. The molecule has 0 spiro atoms. The third-order valence-electron chi connectivity index (χ3n) is 3.00. The Labute approximate surface area is 105 Å². The molecule has 0 saturated heterocycles. The first-order chi connectivity index (χ1) is 8.88. The van der Waals surface area contributed by atoms with Gasteiger partial charge in [0.15, 0.2) is 0 Å². The Bertz CT molecular complexity index is 700. The van der Waals surface area contributed by atoms with Crippen molar-refractivity contribution in [3.05, 3.63) is 42.5 Å². The smallest absolute Gasteiger partial charge is 0.121 e. The molecule has 3 rings (SSSR count). The van der Waals surface area contributed by atoms with Gasteiger partial charge in [-0.25, -0.2) is 0 Å². The number of aromatic amines is 1. The highest BCUT2D eigenvalue weighted by atomic mass is 16.5. The Morgan fingerprint density at radius 1 is 1.06 bits per heavy atom. The molecular formula is C15H14N2O. The zero-order valence-electron chi connectivity index (χ0n) is 10.0. The minimum absolute atomic E-state index is 0.565. The van der Waals surface area contributed by atoms with Gasteiger partial charge in [-0.05, 0) is 24.9 Å². The van der Waals surface area contributed by atoms with E-state index in [1.165, 1.54) is 10.8 Å². The molecule has 0 amide bonds. The van der Waals surface area contributed by atoms with Crippen LogP contribution in [0.2, 0.25) is 0 Å². The summed E-state index contributed by atoms with van der Waals surface area (Å²) in [5, 5.41) is 2.46. The van der Waals surface area contributed by atoms with E-state index in [0.29, 0.717) is 13.2 Å². The SMILES string of the molecule is C=NCCOc1ccc2c(c1)[nH]c1ccccc12. The molecule has 3 aromatic rings. The molecule has 3 heteroatoms. The highest BCUT2D eigenvalue weighted by molar-refractivity contribution is 6.07. The lowest BCUT2D eigenvalue weighted by Crippen LogP contribution is -2.00. The molecule has 0 atom stereocenters. The molecule has 0 aliphatic heterocycles. The second-order valence-corrected chi connectivity index (χ2v) is 4.17. The van der Waals surface area contributed by atoms with Gasteiger partial charge in [0.05, 0.1) is 12.1 Å². The Kier molecular flexibility index (Phi) is 2.73. The molecule has 0 bridgehead atoms. The van der Waals surface area contributed by atoms with Crippen molar-refractivity contribution >= 4 is 28.5 Å². The second kappa shape index (κ2) is 4.53. The van der Waals surface area contributed by atoms with Gasteiger partial charge >= 0.3 is 0 Å². The van der Waals surface area contributed by atoms with Crippen molar-refractivity contribution in [2.75, 3.05) is 13.2 Å². The summed E-state index contributed by atoms with van der Waals surface area (Å²) in [4.78, 5) is 7.16. The van der Waals surface area contributed by atoms with Gasteiger partial charge in [0, 0.05) is 22.4 Å². The van der Waals surface area contributed by atoms with E-state index in [1.54, 1.807) is 0 Å². The molecule has 90 valence electrons. The average Bonchev–Trinajstić information content (AvgIpc) is 2.76. The third-order valence-corrected chi connectivity index (χ3v) is 3.00. The van der Waals surface area contributed by atoms with E-state index >= 15 is 0 Å². The number of fused-ring (bicyclic) bond motifs is 3. The molecule has 0 aliphatic rings. The van der Waals surface area contributed by atoms with Crippen molar-refractivity contribution in [2.45, 2.75) is 0 Å². The van der Waals surface area contributed by atoms with Crippen LogP contribution in [-0.2, 0) is 0 Å². The number of aromatic nitrogens is 1. The van der Waals surface area contributed by atoms with Crippen molar-refractivity contribution in [3.8, 4) is 5.75 Å². The van der Waals surface area contributed by atoms with Crippen molar-refractivity contribution in [2.24, 2.45) is 4.99 Å². The summed E-state index contributed by atoms with van der Waals surface area (Å²) in [6, 6.07) is 14.4. The summed E-state index contributed by atoms with van der Waals surface area (Å²) in [6.07, 6.45) is 0. The number of ether oxygens (including phenoxy) is 1. The average molecular weight is 238 g/mol. The minimum Gasteiger partial charge on any atom is -0.492 e. The predicted molar refractivity (Wildman–Crippen MR) is 75.7 cm³/mol. The van der Waals surface area contributed by atoms with Crippen LogP contribution in [0, 0.1) is 0 Å². The summed E-state index contributed by atoms with van der Waals surface area (Å²) >= 11 is 0. The quantitative estimate of drug-likeness (QED) is 0.549. The first-order valence-electron chi connectivity index (χ1n) is 5.94. The van der Waals surface area contributed by atoms with Gasteiger partial charge in [-0.1, -0.05) is 18.2 Å². The molecule has 0 aliphatic carbocycles. The second-order valence-electron chi connectivity index (χ2n) is 4.17. The maximum Gasteiger partial charge on any atom is 0.121 e. The van der Waals surface area contributed by atoms with Crippen molar-refractivity contribution < 1.29 is 4.74 Å². The maximum absolute atomic E-state index is 5.60. The summed E-state index contributed by atoms with van der Waals surface area (Å²) in [5.74, 6) is 0.859. The van der Waals surface area contributed by atoms with Crippen LogP contribution in [0.1, 0.15) is 0 Å². The van der Waals surface area contributed by atoms with Gasteiger partial charge in [-0.15, -0.1) is 0 Å². The summed E-state index contributed by atoms with van der Waals surface area (Å²) in [6.45, 7) is 4.61. The molecule has 0 saturated carbocycles. The molecule has 2 aromatic carbocycles. The number of aliphatic imine (C=N–C) groups is 1. The van der Waals surface area contributed by atoms with Crippen LogP contribution < -0.4 is 4.74 Å². The first-order valence-corrected chi connectivity index (χ1v) is 5.94. The molecule has 18 heavy (non-hydrogen) atoms. The topological polar surface area (TPSA) is 37.4 Å². The van der Waals surface area contributed by atoms with Gasteiger partial charge in [-0.3, -0.25) is 4.99 Å². The first kappa shape index (κ1) is 10.8. The summed E-state index contributed by atoms with van der Waals surface area (Å²) in [7, 11) is 0. The van der Waals surface area contributed by atoms with Gasteiger partial charge in [-0.2, -0.15) is 0 Å². The summed E-state index contributed by atoms with van der Waals surface area (Å²) in [5.41, 5.74) is 2.25. The number of rotatable bonds is 4. The Morgan fingerprint density at radius 3 is 2.78 bits per heavy atom. The fraction of sp³-hybridized carbons (Fsp3) is 0.133. The van der Waals surface area contributed by atoms with E-state index in [2.05, 4.69) is 41.0 Å². The lowest BCUT2D eigenvalue weighted by molar-refractivity contribution is 0.329. The number of H-pyrrole nitrogens is 1. The third kappa shape index (κ3) is 1.84. The predicted octanol–water partition coefficient (Wildman–Crippen LogP) is 3.40. The Balaban J connectivity index is 2.01. The number of hydrogen-bond donors (Lipinski definition) is 1. The highest BCUT2D eigenvalue weighted by Crippen LogP contribution is 2.27. The molecule has 1 N–H and O–H groups in total. The normalized spacial score (nSPS) is 10.9. The Hall–Kier alpha value is -2.29. The number of para-hydroxylation sites is 1. The van der Waals surface area contributed by atoms with Crippen LogP contribution in [-0.4, -0.2) is 24.9 Å². The summed E-state index contributed by atoms with van der Waals surface area (Å²) < 4.78 is 5.60. The molecule has 1 aromatic heterocycles. The molecule has 0 unspecified atom stereocenters. The van der Waals surface area contributed by atoms with Crippen LogP contribution in [0.3, 0.4) is 0 Å². The van der Waals surface area contributed by atoms with Crippen LogP contribution in [0.5, 0.6) is 5.75 Å². The van der Waals surface area contributed by atoms with Gasteiger partial charge in [0.1, 0.15) is 12.4 Å². The van der Waals surface area contributed by atoms with Gasteiger partial charge in [0.25, 0.3) is 0 Å². The zero-order chi connectivity index (χ0) is 12.4. The van der Waals surface area contributed by atoms with E-state index in [9.17, 15) is 0 Å².